The van der Waals surface area contributed by atoms with Crippen LogP contribution in [0, 0.1) is 20.8 Å². The van der Waals surface area contributed by atoms with Crippen LogP contribution >= 0.6 is 11.6 Å². The molecule has 0 saturated heterocycles. The molecule has 0 amide bonds. The number of rotatable bonds is 2. The minimum atomic E-state index is -1.01. The molecule has 2 aromatic carbocycles. The van der Waals surface area contributed by atoms with Gasteiger partial charge in [-0.3, -0.25) is 0 Å². The third kappa shape index (κ3) is 2.68. The lowest BCUT2D eigenvalue weighted by Gasteiger charge is -2.27. The smallest absolute Gasteiger partial charge is 0.112 e. The minimum absolute atomic E-state index is 0.677. The number of benzene rings is 2. The highest BCUT2D eigenvalue weighted by Crippen LogP contribution is 2.33. The molecule has 1 N–H and O–H groups in total. The lowest BCUT2D eigenvalue weighted by Crippen LogP contribution is -2.24. The first-order chi connectivity index (χ1) is 8.82. The number of aliphatic hydroxyl groups is 1. The summed E-state index contributed by atoms with van der Waals surface area (Å²) in [6.07, 6.45) is 0. The quantitative estimate of drug-likeness (QED) is 0.854. The third-order valence-electron chi connectivity index (χ3n) is 3.77. The molecule has 0 spiro atoms. The maximum absolute atomic E-state index is 10.9. The van der Waals surface area contributed by atoms with Crippen molar-refractivity contribution in [1.29, 1.82) is 0 Å². The van der Waals surface area contributed by atoms with Crippen LogP contribution < -0.4 is 0 Å². The zero-order valence-electron chi connectivity index (χ0n) is 11.8. The van der Waals surface area contributed by atoms with Crippen LogP contribution in [0.25, 0.3) is 0 Å². The second-order valence-electron chi connectivity index (χ2n) is 5.33. The van der Waals surface area contributed by atoms with Crippen molar-refractivity contribution in [2.45, 2.75) is 33.3 Å². The van der Waals surface area contributed by atoms with Gasteiger partial charge in [-0.1, -0.05) is 35.9 Å². The SMILES string of the molecule is Cc1cc(C)c(C(C)(O)c2ccc(Cl)cc2)cc1C. The number of hydrogen-bond acceptors (Lipinski definition) is 1. The molecule has 0 aliphatic heterocycles. The van der Waals surface area contributed by atoms with E-state index in [0.29, 0.717) is 5.02 Å². The first-order valence-electron chi connectivity index (χ1n) is 6.39. The van der Waals surface area contributed by atoms with Crippen LogP contribution in [0.1, 0.15) is 34.7 Å². The molecule has 2 rings (SSSR count). The van der Waals surface area contributed by atoms with E-state index in [9.17, 15) is 5.11 Å². The van der Waals surface area contributed by atoms with Gasteiger partial charge in [0.1, 0.15) is 5.60 Å². The highest BCUT2D eigenvalue weighted by atomic mass is 35.5. The van der Waals surface area contributed by atoms with E-state index in [1.807, 2.05) is 38.1 Å². The summed E-state index contributed by atoms with van der Waals surface area (Å²) in [6.45, 7) is 8.01. The Balaban J connectivity index is 2.55. The lowest BCUT2D eigenvalue weighted by molar-refractivity contribution is 0.101. The summed E-state index contributed by atoms with van der Waals surface area (Å²) >= 11 is 5.90. The molecule has 1 nitrogen and oxygen atoms in total. The van der Waals surface area contributed by atoms with Gasteiger partial charge in [-0.15, -0.1) is 0 Å². The van der Waals surface area contributed by atoms with Crippen LogP contribution in [0.15, 0.2) is 36.4 Å². The average Bonchev–Trinajstić information content (AvgIpc) is 2.34. The Morgan fingerprint density at radius 2 is 1.42 bits per heavy atom. The molecule has 1 atom stereocenters. The molecular weight excluding hydrogens is 256 g/mol. The highest BCUT2D eigenvalue weighted by molar-refractivity contribution is 6.30. The van der Waals surface area contributed by atoms with E-state index in [-0.39, 0.29) is 0 Å². The standard InChI is InChI=1S/C17H19ClO/c1-11-9-13(3)16(10-12(11)2)17(4,19)14-5-7-15(18)8-6-14/h5-10,19H,1-4H3. The molecule has 2 heteroatoms. The van der Waals surface area contributed by atoms with Crippen LogP contribution in [-0.4, -0.2) is 5.11 Å². The molecule has 2 aromatic rings. The first-order valence-corrected chi connectivity index (χ1v) is 6.77. The fourth-order valence-electron chi connectivity index (χ4n) is 2.41. The fourth-order valence-corrected chi connectivity index (χ4v) is 2.54. The molecule has 0 radical (unpaired) electrons. The van der Waals surface area contributed by atoms with Crippen molar-refractivity contribution >= 4 is 11.6 Å². The molecule has 0 fully saturated rings. The van der Waals surface area contributed by atoms with E-state index in [4.69, 9.17) is 11.6 Å². The molecule has 0 heterocycles. The molecule has 0 aromatic heterocycles. The second kappa shape index (κ2) is 4.99. The van der Waals surface area contributed by atoms with Gasteiger partial charge in [0.2, 0.25) is 0 Å². The van der Waals surface area contributed by atoms with Gasteiger partial charge in [-0.25, -0.2) is 0 Å². The van der Waals surface area contributed by atoms with Crippen molar-refractivity contribution in [3.63, 3.8) is 0 Å². The van der Waals surface area contributed by atoms with E-state index in [2.05, 4.69) is 26.0 Å². The molecule has 100 valence electrons. The van der Waals surface area contributed by atoms with E-state index in [0.717, 1.165) is 16.7 Å². The van der Waals surface area contributed by atoms with E-state index in [1.165, 1.54) is 11.1 Å². The zero-order chi connectivity index (χ0) is 14.2. The predicted octanol–water partition coefficient (Wildman–Crippen LogP) is 4.52. The maximum Gasteiger partial charge on any atom is 0.112 e. The highest BCUT2D eigenvalue weighted by Gasteiger charge is 2.27. The average molecular weight is 275 g/mol. The van der Waals surface area contributed by atoms with Crippen molar-refractivity contribution < 1.29 is 5.11 Å². The summed E-state index contributed by atoms with van der Waals surface area (Å²) in [5.41, 5.74) is 4.32. The first kappa shape index (κ1) is 14.1. The number of hydrogen-bond donors (Lipinski definition) is 1. The van der Waals surface area contributed by atoms with Gasteiger partial charge in [0.05, 0.1) is 0 Å². The summed E-state index contributed by atoms with van der Waals surface area (Å²) in [4.78, 5) is 0. The van der Waals surface area contributed by atoms with Gasteiger partial charge in [0.15, 0.2) is 0 Å². The summed E-state index contributed by atoms with van der Waals surface area (Å²) in [5.74, 6) is 0. The van der Waals surface area contributed by atoms with E-state index in [1.54, 1.807) is 0 Å². The van der Waals surface area contributed by atoms with Crippen LogP contribution in [-0.2, 0) is 5.60 Å². The molecule has 19 heavy (non-hydrogen) atoms. The number of aryl methyl sites for hydroxylation is 3. The Bertz CT molecular complexity index is 597. The van der Waals surface area contributed by atoms with Gasteiger partial charge in [-0.2, -0.15) is 0 Å². The molecule has 0 saturated carbocycles. The summed E-state index contributed by atoms with van der Waals surface area (Å²) in [5, 5.41) is 11.6. The largest absolute Gasteiger partial charge is 0.381 e. The second-order valence-corrected chi connectivity index (χ2v) is 5.77. The van der Waals surface area contributed by atoms with Gasteiger partial charge in [0, 0.05) is 5.02 Å². The van der Waals surface area contributed by atoms with Crippen molar-refractivity contribution in [2.24, 2.45) is 0 Å². The zero-order valence-corrected chi connectivity index (χ0v) is 12.5. The monoisotopic (exact) mass is 274 g/mol. The Morgan fingerprint density at radius 3 is 2.00 bits per heavy atom. The van der Waals surface area contributed by atoms with Crippen molar-refractivity contribution in [2.75, 3.05) is 0 Å². The number of halogens is 1. The summed E-state index contributed by atoms with van der Waals surface area (Å²) in [6, 6.07) is 11.5. The molecule has 0 aliphatic carbocycles. The van der Waals surface area contributed by atoms with Gasteiger partial charge < -0.3 is 5.11 Å². The van der Waals surface area contributed by atoms with Crippen molar-refractivity contribution in [3.05, 3.63) is 69.2 Å². The predicted molar refractivity (Wildman–Crippen MR) is 80.8 cm³/mol. The van der Waals surface area contributed by atoms with Crippen LogP contribution in [0.2, 0.25) is 5.02 Å². The third-order valence-corrected chi connectivity index (χ3v) is 4.02. The van der Waals surface area contributed by atoms with Gasteiger partial charge in [-0.05, 0) is 67.6 Å². The molecule has 1 unspecified atom stereocenters. The van der Waals surface area contributed by atoms with Crippen molar-refractivity contribution in [1.82, 2.24) is 0 Å². The molecular formula is C17H19ClO. The van der Waals surface area contributed by atoms with Gasteiger partial charge in [0.25, 0.3) is 0 Å². The van der Waals surface area contributed by atoms with Crippen molar-refractivity contribution in [3.8, 4) is 0 Å². The van der Waals surface area contributed by atoms with E-state index < -0.39 is 5.60 Å². The lowest BCUT2D eigenvalue weighted by atomic mass is 9.84. The maximum atomic E-state index is 10.9. The van der Waals surface area contributed by atoms with Crippen LogP contribution in [0.3, 0.4) is 0 Å². The topological polar surface area (TPSA) is 20.2 Å². The normalized spacial score (nSPS) is 14.2. The Morgan fingerprint density at radius 1 is 0.895 bits per heavy atom. The minimum Gasteiger partial charge on any atom is -0.381 e. The Hall–Kier alpha value is -1.31. The Labute approximate surface area is 119 Å². The van der Waals surface area contributed by atoms with Gasteiger partial charge >= 0.3 is 0 Å². The van der Waals surface area contributed by atoms with Crippen LogP contribution in [0.4, 0.5) is 0 Å². The fraction of sp³-hybridized carbons (Fsp3) is 0.294. The molecule has 0 bridgehead atoms. The summed E-state index contributed by atoms with van der Waals surface area (Å²) in [7, 11) is 0. The molecule has 0 aliphatic rings. The van der Waals surface area contributed by atoms with E-state index >= 15 is 0 Å². The summed E-state index contributed by atoms with van der Waals surface area (Å²) < 4.78 is 0. The Kier molecular flexibility index (Phi) is 3.71. The van der Waals surface area contributed by atoms with Crippen LogP contribution in [0.5, 0.6) is 0 Å².